The number of sulfonamides is 1. The van der Waals surface area contributed by atoms with Crippen molar-refractivity contribution in [3.63, 3.8) is 0 Å². The van der Waals surface area contributed by atoms with Crippen LogP contribution in [-0.2, 0) is 14.8 Å². The first-order valence-electron chi connectivity index (χ1n) is 6.76. The molecule has 116 valence electrons. The average molecular weight is 312 g/mol. The number of nitrogens with zero attached hydrogens (tertiary/aromatic N) is 2. The highest BCUT2D eigenvalue weighted by atomic mass is 32.2. The molecule has 1 aromatic rings. The molecule has 0 spiro atoms. The maximum Gasteiger partial charge on any atom is 0.409 e. The minimum Gasteiger partial charge on any atom is -0.453 e. The molecule has 0 N–H and O–H groups in total. The van der Waals surface area contributed by atoms with Crippen molar-refractivity contribution in [2.24, 2.45) is 0 Å². The fourth-order valence-electron chi connectivity index (χ4n) is 2.47. The highest BCUT2D eigenvalue weighted by molar-refractivity contribution is 7.89. The van der Waals surface area contributed by atoms with E-state index in [0.29, 0.717) is 18.0 Å². The number of aryl methyl sites for hydroxylation is 2. The van der Waals surface area contributed by atoms with Crippen LogP contribution in [0.15, 0.2) is 23.1 Å². The Kier molecular flexibility index (Phi) is 4.53. The molecule has 0 bridgehead atoms. The number of carbonyl (C=O) groups excluding carboxylic acids is 1. The van der Waals surface area contributed by atoms with Gasteiger partial charge in [0.05, 0.1) is 12.0 Å². The molecule has 7 heteroatoms. The molecule has 0 radical (unpaired) electrons. The molecule has 1 aromatic carbocycles. The first kappa shape index (κ1) is 15.8. The third-order valence-corrected chi connectivity index (χ3v) is 5.68. The first-order valence-corrected chi connectivity index (χ1v) is 8.20. The van der Waals surface area contributed by atoms with E-state index in [2.05, 4.69) is 4.74 Å². The van der Waals surface area contributed by atoms with Crippen LogP contribution in [0.25, 0.3) is 0 Å². The van der Waals surface area contributed by atoms with Crippen molar-refractivity contribution in [2.45, 2.75) is 18.7 Å². The zero-order valence-electron chi connectivity index (χ0n) is 12.5. The third-order valence-electron chi connectivity index (χ3n) is 3.62. The second kappa shape index (κ2) is 6.03. The number of amides is 1. The summed E-state index contributed by atoms with van der Waals surface area (Å²) in [5.74, 6) is 0. The average Bonchev–Trinajstić information content (AvgIpc) is 2.46. The molecule has 1 saturated heterocycles. The lowest BCUT2D eigenvalue weighted by atomic mass is 10.2. The van der Waals surface area contributed by atoms with Crippen molar-refractivity contribution in [2.75, 3.05) is 33.3 Å². The van der Waals surface area contributed by atoms with Gasteiger partial charge in [0.2, 0.25) is 10.0 Å². The second-order valence-corrected chi connectivity index (χ2v) is 7.04. The quantitative estimate of drug-likeness (QED) is 0.827. The Balaban J connectivity index is 2.17. The van der Waals surface area contributed by atoms with Gasteiger partial charge < -0.3 is 9.64 Å². The zero-order chi connectivity index (χ0) is 15.6. The van der Waals surface area contributed by atoms with Crippen molar-refractivity contribution >= 4 is 16.1 Å². The molecule has 21 heavy (non-hydrogen) atoms. The van der Waals surface area contributed by atoms with Gasteiger partial charge in [-0.05, 0) is 25.5 Å². The van der Waals surface area contributed by atoms with E-state index in [9.17, 15) is 13.2 Å². The van der Waals surface area contributed by atoms with E-state index in [1.807, 2.05) is 13.0 Å². The summed E-state index contributed by atoms with van der Waals surface area (Å²) in [6, 6.07) is 5.30. The standard InChI is InChI=1S/C14H20N2O4S/c1-11-4-5-13(12(2)10-11)21(18,19)16-8-6-15(7-9-16)14(17)20-3/h4-5,10H,6-9H2,1-3H3. The molecule has 0 saturated carbocycles. The van der Waals surface area contributed by atoms with Crippen molar-refractivity contribution in [1.82, 2.24) is 9.21 Å². The van der Waals surface area contributed by atoms with Crippen LogP contribution in [-0.4, -0.2) is 57.0 Å². The molecule has 1 amide bonds. The summed E-state index contributed by atoms with van der Waals surface area (Å²) in [7, 11) is -2.19. The highest BCUT2D eigenvalue weighted by Gasteiger charge is 2.31. The van der Waals surface area contributed by atoms with E-state index < -0.39 is 16.1 Å². The van der Waals surface area contributed by atoms with Gasteiger partial charge in [-0.2, -0.15) is 4.31 Å². The summed E-state index contributed by atoms with van der Waals surface area (Å²) < 4.78 is 31.4. The fraction of sp³-hybridized carbons (Fsp3) is 0.500. The number of piperazine rings is 1. The largest absolute Gasteiger partial charge is 0.453 e. The van der Waals surface area contributed by atoms with Crippen molar-refractivity contribution < 1.29 is 17.9 Å². The van der Waals surface area contributed by atoms with Gasteiger partial charge >= 0.3 is 6.09 Å². The van der Waals surface area contributed by atoms with E-state index in [1.54, 1.807) is 19.1 Å². The molecule has 1 aliphatic heterocycles. The maximum atomic E-state index is 12.7. The Morgan fingerprint density at radius 1 is 1.14 bits per heavy atom. The molecule has 1 fully saturated rings. The Bertz CT molecular complexity index is 634. The Hall–Kier alpha value is -1.60. The van der Waals surface area contributed by atoms with Gasteiger partial charge in [-0.25, -0.2) is 13.2 Å². The van der Waals surface area contributed by atoms with Crippen LogP contribution in [0.2, 0.25) is 0 Å². The van der Waals surface area contributed by atoms with Gasteiger partial charge in [-0.1, -0.05) is 17.7 Å². The molecule has 6 nitrogen and oxygen atoms in total. The van der Waals surface area contributed by atoms with Crippen LogP contribution in [0, 0.1) is 13.8 Å². The molecule has 0 aliphatic carbocycles. The maximum absolute atomic E-state index is 12.7. The molecule has 2 rings (SSSR count). The van der Waals surface area contributed by atoms with Crippen LogP contribution in [0.1, 0.15) is 11.1 Å². The van der Waals surface area contributed by atoms with E-state index in [4.69, 9.17) is 0 Å². The molecular formula is C14H20N2O4S. The lowest BCUT2D eigenvalue weighted by Crippen LogP contribution is -2.50. The molecule has 0 aromatic heterocycles. The molecule has 0 unspecified atom stereocenters. The number of hydrogen-bond donors (Lipinski definition) is 0. The lowest BCUT2D eigenvalue weighted by Gasteiger charge is -2.33. The Labute approximate surface area is 125 Å². The Morgan fingerprint density at radius 2 is 1.76 bits per heavy atom. The minimum atomic E-state index is -3.51. The highest BCUT2D eigenvalue weighted by Crippen LogP contribution is 2.22. The van der Waals surface area contributed by atoms with Gasteiger partial charge in [0.1, 0.15) is 0 Å². The molecular weight excluding hydrogens is 292 g/mol. The number of ether oxygens (including phenoxy) is 1. The van der Waals surface area contributed by atoms with E-state index in [-0.39, 0.29) is 13.1 Å². The SMILES string of the molecule is COC(=O)N1CCN(S(=O)(=O)c2ccc(C)cc2C)CC1. The molecule has 1 heterocycles. The topological polar surface area (TPSA) is 66.9 Å². The Morgan fingerprint density at radius 3 is 2.29 bits per heavy atom. The van der Waals surface area contributed by atoms with E-state index in [0.717, 1.165) is 11.1 Å². The number of rotatable bonds is 2. The molecule has 0 atom stereocenters. The summed E-state index contributed by atoms with van der Waals surface area (Å²) in [4.78, 5) is 13.3. The fourth-order valence-corrected chi connectivity index (χ4v) is 4.10. The van der Waals surface area contributed by atoms with Gasteiger partial charge in [0.25, 0.3) is 0 Å². The van der Waals surface area contributed by atoms with Crippen LogP contribution < -0.4 is 0 Å². The summed E-state index contributed by atoms with van der Waals surface area (Å²) in [6.07, 6.45) is -0.418. The number of benzene rings is 1. The summed E-state index contributed by atoms with van der Waals surface area (Å²) in [6.45, 7) is 4.98. The van der Waals surface area contributed by atoms with Crippen molar-refractivity contribution in [1.29, 1.82) is 0 Å². The van der Waals surface area contributed by atoms with Crippen LogP contribution in [0.4, 0.5) is 4.79 Å². The van der Waals surface area contributed by atoms with Gasteiger partial charge in [-0.15, -0.1) is 0 Å². The third kappa shape index (κ3) is 3.19. The predicted molar refractivity (Wildman–Crippen MR) is 78.7 cm³/mol. The second-order valence-electron chi connectivity index (χ2n) is 5.13. The van der Waals surface area contributed by atoms with Gasteiger partial charge in [0, 0.05) is 26.2 Å². The van der Waals surface area contributed by atoms with Crippen molar-refractivity contribution in [3.8, 4) is 0 Å². The zero-order valence-corrected chi connectivity index (χ0v) is 13.3. The number of carbonyl (C=O) groups is 1. The van der Waals surface area contributed by atoms with E-state index >= 15 is 0 Å². The summed E-state index contributed by atoms with van der Waals surface area (Å²) in [5, 5.41) is 0. The monoisotopic (exact) mass is 312 g/mol. The minimum absolute atomic E-state index is 0.282. The summed E-state index contributed by atoms with van der Waals surface area (Å²) in [5.41, 5.74) is 1.77. The van der Waals surface area contributed by atoms with Crippen LogP contribution in [0.5, 0.6) is 0 Å². The lowest BCUT2D eigenvalue weighted by molar-refractivity contribution is 0.108. The van der Waals surface area contributed by atoms with Crippen LogP contribution >= 0.6 is 0 Å². The van der Waals surface area contributed by atoms with E-state index in [1.165, 1.54) is 16.3 Å². The van der Waals surface area contributed by atoms with Gasteiger partial charge in [-0.3, -0.25) is 0 Å². The van der Waals surface area contributed by atoms with Crippen molar-refractivity contribution in [3.05, 3.63) is 29.3 Å². The number of methoxy groups -OCH3 is 1. The first-order chi connectivity index (χ1) is 9.86. The van der Waals surface area contributed by atoms with Gasteiger partial charge in [0.15, 0.2) is 0 Å². The number of hydrogen-bond acceptors (Lipinski definition) is 4. The van der Waals surface area contributed by atoms with Crippen LogP contribution in [0.3, 0.4) is 0 Å². The molecule has 1 aliphatic rings. The smallest absolute Gasteiger partial charge is 0.409 e. The predicted octanol–water partition coefficient (Wildman–Crippen LogP) is 1.38. The summed E-state index contributed by atoms with van der Waals surface area (Å²) >= 11 is 0. The normalized spacial score (nSPS) is 16.8.